The van der Waals surface area contributed by atoms with E-state index in [2.05, 4.69) is 40.9 Å². The number of amides is 1. The van der Waals surface area contributed by atoms with E-state index in [4.69, 9.17) is 0 Å². The third-order valence-corrected chi connectivity index (χ3v) is 4.36. The summed E-state index contributed by atoms with van der Waals surface area (Å²) in [5, 5.41) is 7.06. The number of rotatable bonds is 2. The van der Waals surface area contributed by atoms with Crippen molar-refractivity contribution in [1.29, 1.82) is 0 Å². The second kappa shape index (κ2) is 5.59. The molecule has 22 heavy (non-hydrogen) atoms. The minimum atomic E-state index is -0.115. The third-order valence-electron chi connectivity index (χ3n) is 4.36. The molecule has 3 rings (SSSR count). The molecule has 0 unspecified atom stereocenters. The topological polar surface area (TPSA) is 77.7 Å². The second-order valence-electron chi connectivity index (χ2n) is 6.98. The summed E-state index contributed by atoms with van der Waals surface area (Å²) in [5.41, 5.74) is 2.67. The summed E-state index contributed by atoms with van der Waals surface area (Å²) >= 11 is 0. The molecule has 0 radical (unpaired) electrons. The highest BCUT2D eigenvalue weighted by atomic mass is 16.2. The molecule has 0 aromatic carbocycles. The number of imidazole rings is 1. The fraction of sp³-hybridized carbons (Fsp3) is 0.562. The van der Waals surface area contributed by atoms with E-state index >= 15 is 0 Å². The zero-order chi connectivity index (χ0) is 15.7. The Balaban J connectivity index is 1.69. The highest BCUT2D eigenvalue weighted by molar-refractivity contribution is 5.95. The van der Waals surface area contributed by atoms with Crippen LogP contribution in [0, 0.1) is 0 Å². The van der Waals surface area contributed by atoms with Gasteiger partial charge < -0.3 is 9.88 Å². The number of aromatic nitrogens is 4. The number of likely N-dealkylation sites (tertiary alicyclic amines) is 1. The maximum absolute atomic E-state index is 12.8. The largest absolute Gasteiger partial charge is 0.348 e. The molecule has 0 saturated carbocycles. The smallest absolute Gasteiger partial charge is 0.257 e. The van der Waals surface area contributed by atoms with E-state index in [1.807, 2.05) is 11.1 Å². The zero-order valence-corrected chi connectivity index (χ0v) is 13.4. The predicted molar refractivity (Wildman–Crippen MR) is 83.8 cm³/mol. The van der Waals surface area contributed by atoms with Crippen molar-refractivity contribution in [2.45, 2.75) is 44.9 Å². The molecule has 6 nitrogen and oxygen atoms in total. The van der Waals surface area contributed by atoms with Crippen molar-refractivity contribution in [3.8, 4) is 0 Å². The Morgan fingerprint density at radius 3 is 2.59 bits per heavy atom. The first-order chi connectivity index (χ1) is 10.5. The lowest BCUT2D eigenvalue weighted by Crippen LogP contribution is -2.38. The number of piperidine rings is 1. The van der Waals surface area contributed by atoms with E-state index < -0.39 is 0 Å². The normalized spacial score (nSPS) is 17.0. The molecule has 0 aliphatic carbocycles. The third kappa shape index (κ3) is 2.77. The molecule has 0 bridgehead atoms. The minimum Gasteiger partial charge on any atom is -0.348 e. The maximum Gasteiger partial charge on any atom is 0.257 e. The molecule has 2 aromatic rings. The quantitative estimate of drug-likeness (QED) is 0.894. The van der Waals surface area contributed by atoms with Crippen LogP contribution in [0.15, 0.2) is 18.7 Å². The summed E-state index contributed by atoms with van der Waals surface area (Å²) in [6.07, 6.45) is 7.20. The summed E-state index contributed by atoms with van der Waals surface area (Å²) < 4.78 is 0. The molecular weight excluding hydrogens is 278 g/mol. The summed E-state index contributed by atoms with van der Waals surface area (Å²) in [4.78, 5) is 22.0. The van der Waals surface area contributed by atoms with Gasteiger partial charge in [0.2, 0.25) is 0 Å². The van der Waals surface area contributed by atoms with Crippen molar-refractivity contribution < 1.29 is 4.79 Å². The molecular formula is C16H23N5O. The lowest BCUT2D eigenvalue weighted by atomic mass is 9.88. The average molecular weight is 301 g/mol. The molecule has 1 aliphatic rings. The molecule has 0 atom stereocenters. The van der Waals surface area contributed by atoms with Crippen molar-refractivity contribution in [2.75, 3.05) is 13.1 Å². The van der Waals surface area contributed by atoms with Crippen LogP contribution in [0.4, 0.5) is 0 Å². The Labute approximate surface area is 130 Å². The summed E-state index contributed by atoms with van der Waals surface area (Å²) in [7, 11) is 0. The van der Waals surface area contributed by atoms with Crippen molar-refractivity contribution in [3.63, 3.8) is 0 Å². The van der Waals surface area contributed by atoms with Gasteiger partial charge in [0.05, 0.1) is 23.8 Å². The standard InChI is InChI=1S/C16H23N5O/c1-16(2,3)14-12(8-19-20-14)15(22)21-6-4-11(5-7-21)13-9-17-10-18-13/h8-11H,4-7H2,1-3H3,(H,17,18)(H,19,20). The fourth-order valence-corrected chi connectivity index (χ4v) is 3.07. The monoisotopic (exact) mass is 301 g/mol. The Bertz CT molecular complexity index is 630. The van der Waals surface area contributed by atoms with E-state index in [9.17, 15) is 4.79 Å². The number of nitrogens with zero attached hydrogens (tertiary/aromatic N) is 3. The van der Waals surface area contributed by atoms with Crippen molar-refractivity contribution in [3.05, 3.63) is 35.7 Å². The summed E-state index contributed by atoms with van der Waals surface area (Å²) in [5.74, 6) is 0.555. The van der Waals surface area contributed by atoms with Crippen LogP contribution in [0.3, 0.4) is 0 Å². The van der Waals surface area contributed by atoms with Gasteiger partial charge in [-0.15, -0.1) is 0 Å². The van der Waals surface area contributed by atoms with Crippen LogP contribution in [-0.4, -0.2) is 44.1 Å². The lowest BCUT2D eigenvalue weighted by Gasteiger charge is -2.32. The van der Waals surface area contributed by atoms with Gasteiger partial charge in [0.15, 0.2) is 0 Å². The molecule has 0 spiro atoms. The Kier molecular flexibility index (Phi) is 3.76. The van der Waals surface area contributed by atoms with Crippen LogP contribution in [-0.2, 0) is 5.41 Å². The molecule has 118 valence electrons. The van der Waals surface area contributed by atoms with Gasteiger partial charge in [-0.2, -0.15) is 5.10 Å². The maximum atomic E-state index is 12.8. The van der Waals surface area contributed by atoms with Gasteiger partial charge in [-0.3, -0.25) is 9.89 Å². The molecule has 1 aliphatic heterocycles. The molecule has 1 fully saturated rings. The highest BCUT2D eigenvalue weighted by Crippen LogP contribution is 2.29. The van der Waals surface area contributed by atoms with Crippen LogP contribution in [0.2, 0.25) is 0 Å². The Morgan fingerprint density at radius 2 is 2.00 bits per heavy atom. The molecule has 3 heterocycles. The predicted octanol–water partition coefficient (Wildman–Crippen LogP) is 2.45. The van der Waals surface area contributed by atoms with Crippen molar-refractivity contribution in [1.82, 2.24) is 25.1 Å². The minimum absolute atomic E-state index is 0.0849. The highest BCUT2D eigenvalue weighted by Gasteiger charge is 2.30. The van der Waals surface area contributed by atoms with Crippen molar-refractivity contribution >= 4 is 5.91 Å². The van der Waals surface area contributed by atoms with Crippen LogP contribution in [0.1, 0.15) is 61.3 Å². The number of hydrogen-bond donors (Lipinski definition) is 2. The van der Waals surface area contributed by atoms with Crippen molar-refractivity contribution in [2.24, 2.45) is 0 Å². The van der Waals surface area contributed by atoms with E-state index in [-0.39, 0.29) is 11.3 Å². The van der Waals surface area contributed by atoms with Crippen LogP contribution >= 0.6 is 0 Å². The Morgan fingerprint density at radius 1 is 1.27 bits per heavy atom. The van der Waals surface area contributed by atoms with Gasteiger partial charge in [-0.05, 0) is 12.8 Å². The van der Waals surface area contributed by atoms with Crippen LogP contribution in [0.5, 0.6) is 0 Å². The first-order valence-electron chi connectivity index (χ1n) is 7.78. The SMILES string of the molecule is CC(C)(C)c1[nH]ncc1C(=O)N1CCC(c2cnc[nH]2)CC1. The van der Waals surface area contributed by atoms with Gasteiger partial charge in [-0.25, -0.2) is 4.98 Å². The molecule has 6 heteroatoms. The lowest BCUT2D eigenvalue weighted by molar-refractivity contribution is 0.0709. The van der Waals surface area contributed by atoms with E-state index in [0.29, 0.717) is 11.5 Å². The molecule has 1 saturated heterocycles. The average Bonchev–Trinajstić information content (AvgIpc) is 3.17. The van der Waals surface area contributed by atoms with Gasteiger partial charge in [0.1, 0.15) is 0 Å². The summed E-state index contributed by atoms with van der Waals surface area (Å²) in [6.45, 7) is 7.81. The van der Waals surface area contributed by atoms with Crippen LogP contribution < -0.4 is 0 Å². The van der Waals surface area contributed by atoms with Gasteiger partial charge in [0, 0.05) is 36.3 Å². The Hall–Kier alpha value is -2.11. The first kappa shape index (κ1) is 14.8. The van der Waals surface area contributed by atoms with Gasteiger partial charge in [0.25, 0.3) is 5.91 Å². The number of carbonyl (C=O) groups is 1. The van der Waals surface area contributed by atoms with Gasteiger partial charge >= 0.3 is 0 Å². The van der Waals surface area contributed by atoms with E-state index in [0.717, 1.165) is 31.6 Å². The number of aromatic amines is 2. The fourth-order valence-electron chi connectivity index (χ4n) is 3.07. The summed E-state index contributed by atoms with van der Waals surface area (Å²) in [6, 6.07) is 0. The number of hydrogen-bond acceptors (Lipinski definition) is 3. The number of nitrogens with one attached hydrogen (secondary N) is 2. The second-order valence-corrected chi connectivity index (χ2v) is 6.98. The number of H-pyrrole nitrogens is 2. The first-order valence-corrected chi connectivity index (χ1v) is 7.78. The van der Waals surface area contributed by atoms with Gasteiger partial charge in [-0.1, -0.05) is 20.8 Å². The number of carbonyl (C=O) groups excluding carboxylic acids is 1. The van der Waals surface area contributed by atoms with Crippen LogP contribution in [0.25, 0.3) is 0 Å². The zero-order valence-electron chi connectivity index (χ0n) is 13.4. The van der Waals surface area contributed by atoms with E-state index in [1.165, 1.54) is 5.69 Å². The van der Waals surface area contributed by atoms with E-state index in [1.54, 1.807) is 12.5 Å². The molecule has 2 N–H and O–H groups in total. The molecule has 1 amide bonds. The molecule has 2 aromatic heterocycles.